The lowest BCUT2D eigenvalue weighted by Crippen LogP contribution is -1.85. The summed E-state index contributed by atoms with van der Waals surface area (Å²) in [7, 11) is 0. The number of hydrogen-bond acceptors (Lipinski definition) is 2. The SMILES string of the molecule is Clc1ccn2nc(-c3ccccc3)nc2c1. The minimum Gasteiger partial charge on any atom is -0.220 e. The van der Waals surface area contributed by atoms with Gasteiger partial charge in [-0.2, -0.15) is 0 Å². The molecule has 0 N–H and O–H groups in total. The molecule has 2 aromatic heterocycles. The highest BCUT2D eigenvalue weighted by Crippen LogP contribution is 2.17. The molecular weight excluding hydrogens is 222 g/mol. The third-order valence-corrected chi connectivity index (χ3v) is 2.57. The zero-order chi connectivity index (χ0) is 11.0. The van der Waals surface area contributed by atoms with Gasteiger partial charge in [-0.05, 0) is 6.07 Å². The lowest BCUT2D eigenvalue weighted by atomic mass is 10.2. The number of rotatable bonds is 1. The molecule has 0 fully saturated rings. The Labute approximate surface area is 97.3 Å². The van der Waals surface area contributed by atoms with E-state index in [-0.39, 0.29) is 0 Å². The van der Waals surface area contributed by atoms with Crippen LogP contribution in [0.2, 0.25) is 5.02 Å². The third-order valence-electron chi connectivity index (χ3n) is 2.33. The Morgan fingerprint density at radius 3 is 2.69 bits per heavy atom. The van der Waals surface area contributed by atoms with E-state index in [2.05, 4.69) is 10.1 Å². The molecular formula is C12H8ClN3. The van der Waals surface area contributed by atoms with E-state index < -0.39 is 0 Å². The zero-order valence-corrected chi connectivity index (χ0v) is 9.09. The van der Waals surface area contributed by atoms with Crippen molar-refractivity contribution in [3.63, 3.8) is 0 Å². The van der Waals surface area contributed by atoms with Gasteiger partial charge in [0.1, 0.15) is 0 Å². The van der Waals surface area contributed by atoms with Crippen molar-refractivity contribution in [2.45, 2.75) is 0 Å². The van der Waals surface area contributed by atoms with Crippen LogP contribution in [-0.2, 0) is 0 Å². The monoisotopic (exact) mass is 229 g/mol. The summed E-state index contributed by atoms with van der Waals surface area (Å²) >= 11 is 5.89. The highest BCUT2D eigenvalue weighted by Gasteiger charge is 2.05. The summed E-state index contributed by atoms with van der Waals surface area (Å²) in [5.41, 5.74) is 1.76. The molecule has 3 nitrogen and oxygen atoms in total. The summed E-state index contributed by atoms with van der Waals surface area (Å²) in [5, 5.41) is 5.04. The maximum atomic E-state index is 5.89. The molecule has 0 saturated carbocycles. The van der Waals surface area contributed by atoms with Gasteiger partial charge in [-0.15, -0.1) is 5.10 Å². The van der Waals surface area contributed by atoms with Gasteiger partial charge in [0, 0.05) is 22.8 Å². The first-order chi connectivity index (χ1) is 7.83. The Kier molecular flexibility index (Phi) is 2.11. The van der Waals surface area contributed by atoms with E-state index in [1.807, 2.05) is 30.3 Å². The van der Waals surface area contributed by atoms with Crippen molar-refractivity contribution >= 4 is 17.2 Å². The minimum atomic E-state index is 0.666. The molecule has 3 aromatic rings. The third kappa shape index (κ3) is 1.55. The van der Waals surface area contributed by atoms with Crippen LogP contribution < -0.4 is 0 Å². The fourth-order valence-corrected chi connectivity index (χ4v) is 1.72. The number of nitrogens with zero attached hydrogens (tertiary/aromatic N) is 3. The van der Waals surface area contributed by atoms with Crippen LogP contribution in [0.25, 0.3) is 17.0 Å². The number of benzene rings is 1. The van der Waals surface area contributed by atoms with Gasteiger partial charge in [0.25, 0.3) is 0 Å². The summed E-state index contributed by atoms with van der Waals surface area (Å²) in [6.07, 6.45) is 1.80. The van der Waals surface area contributed by atoms with Crippen LogP contribution in [0.4, 0.5) is 0 Å². The summed E-state index contributed by atoms with van der Waals surface area (Å²) in [6, 6.07) is 13.4. The van der Waals surface area contributed by atoms with E-state index in [4.69, 9.17) is 11.6 Å². The zero-order valence-electron chi connectivity index (χ0n) is 8.34. The van der Waals surface area contributed by atoms with E-state index in [1.165, 1.54) is 0 Å². The first-order valence-corrected chi connectivity index (χ1v) is 5.28. The average molecular weight is 230 g/mol. The molecule has 0 atom stereocenters. The molecule has 0 amide bonds. The van der Waals surface area contributed by atoms with Crippen molar-refractivity contribution in [3.8, 4) is 11.4 Å². The summed E-state index contributed by atoms with van der Waals surface area (Å²) in [5.74, 6) is 0.711. The van der Waals surface area contributed by atoms with Gasteiger partial charge >= 0.3 is 0 Å². The van der Waals surface area contributed by atoms with Gasteiger partial charge in [0.2, 0.25) is 0 Å². The second-order valence-electron chi connectivity index (χ2n) is 3.45. The molecule has 1 aromatic carbocycles. The van der Waals surface area contributed by atoms with Gasteiger partial charge in [-0.1, -0.05) is 41.9 Å². The standard InChI is InChI=1S/C12H8ClN3/c13-10-6-7-16-11(8-10)14-12(15-16)9-4-2-1-3-5-9/h1-8H. The quantitative estimate of drug-likeness (QED) is 0.642. The van der Waals surface area contributed by atoms with E-state index in [0.29, 0.717) is 10.8 Å². The van der Waals surface area contributed by atoms with Gasteiger partial charge in [0.15, 0.2) is 11.5 Å². The first-order valence-electron chi connectivity index (χ1n) is 4.90. The van der Waals surface area contributed by atoms with Gasteiger partial charge < -0.3 is 0 Å². The fourth-order valence-electron chi connectivity index (χ4n) is 1.57. The van der Waals surface area contributed by atoms with Crippen LogP contribution >= 0.6 is 11.6 Å². The Balaban J connectivity index is 2.19. The molecule has 2 heterocycles. The normalized spacial score (nSPS) is 10.8. The van der Waals surface area contributed by atoms with Crippen molar-refractivity contribution in [1.82, 2.24) is 14.6 Å². The van der Waals surface area contributed by atoms with E-state index in [0.717, 1.165) is 11.2 Å². The number of pyridine rings is 1. The number of aromatic nitrogens is 3. The van der Waals surface area contributed by atoms with Crippen molar-refractivity contribution < 1.29 is 0 Å². The molecule has 4 heteroatoms. The lowest BCUT2D eigenvalue weighted by molar-refractivity contribution is 0.966. The van der Waals surface area contributed by atoms with Crippen molar-refractivity contribution in [1.29, 1.82) is 0 Å². The smallest absolute Gasteiger partial charge is 0.182 e. The molecule has 78 valence electrons. The molecule has 16 heavy (non-hydrogen) atoms. The van der Waals surface area contributed by atoms with E-state index in [1.54, 1.807) is 22.8 Å². The Hall–Kier alpha value is -1.87. The van der Waals surface area contributed by atoms with Crippen LogP contribution in [0, 0.1) is 0 Å². The van der Waals surface area contributed by atoms with Crippen LogP contribution in [0.1, 0.15) is 0 Å². The average Bonchev–Trinajstić information content (AvgIpc) is 2.73. The highest BCUT2D eigenvalue weighted by atomic mass is 35.5. The van der Waals surface area contributed by atoms with Crippen molar-refractivity contribution in [3.05, 3.63) is 53.7 Å². The van der Waals surface area contributed by atoms with Crippen LogP contribution in [0.5, 0.6) is 0 Å². The van der Waals surface area contributed by atoms with Crippen LogP contribution in [0.15, 0.2) is 48.7 Å². The molecule has 0 saturated heterocycles. The second kappa shape index (κ2) is 3.61. The summed E-state index contributed by atoms with van der Waals surface area (Å²) in [6.45, 7) is 0. The summed E-state index contributed by atoms with van der Waals surface area (Å²) in [4.78, 5) is 4.41. The molecule has 0 unspecified atom stereocenters. The van der Waals surface area contributed by atoms with Crippen LogP contribution in [-0.4, -0.2) is 14.6 Å². The van der Waals surface area contributed by atoms with Gasteiger partial charge in [-0.3, -0.25) is 0 Å². The molecule has 0 aliphatic carbocycles. The predicted octanol–water partition coefficient (Wildman–Crippen LogP) is 3.05. The molecule has 0 radical (unpaired) electrons. The van der Waals surface area contributed by atoms with Crippen molar-refractivity contribution in [2.75, 3.05) is 0 Å². The minimum absolute atomic E-state index is 0.666. The maximum absolute atomic E-state index is 5.89. The second-order valence-corrected chi connectivity index (χ2v) is 3.89. The topological polar surface area (TPSA) is 30.2 Å². The highest BCUT2D eigenvalue weighted by molar-refractivity contribution is 6.30. The number of halogens is 1. The lowest BCUT2D eigenvalue weighted by Gasteiger charge is -1.91. The fraction of sp³-hybridized carbons (Fsp3) is 0. The summed E-state index contributed by atoms with van der Waals surface area (Å²) < 4.78 is 1.72. The Morgan fingerprint density at radius 2 is 1.88 bits per heavy atom. The maximum Gasteiger partial charge on any atom is 0.182 e. The van der Waals surface area contributed by atoms with E-state index in [9.17, 15) is 0 Å². The number of fused-ring (bicyclic) bond motifs is 1. The Morgan fingerprint density at radius 1 is 1.06 bits per heavy atom. The molecule has 0 bridgehead atoms. The molecule has 0 spiro atoms. The first kappa shape index (κ1) is 9.36. The molecule has 0 aliphatic rings. The Bertz CT molecular complexity index is 631. The van der Waals surface area contributed by atoms with Gasteiger partial charge in [-0.25, -0.2) is 9.50 Å². The molecule has 3 rings (SSSR count). The van der Waals surface area contributed by atoms with Crippen molar-refractivity contribution in [2.24, 2.45) is 0 Å². The molecule has 0 aliphatic heterocycles. The predicted molar refractivity (Wildman–Crippen MR) is 63.4 cm³/mol. The number of hydrogen-bond donors (Lipinski definition) is 0. The van der Waals surface area contributed by atoms with E-state index >= 15 is 0 Å². The van der Waals surface area contributed by atoms with Gasteiger partial charge in [0.05, 0.1) is 0 Å². The largest absolute Gasteiger partial charge is 0.220 e. The van der Waals surface area contributed by atoms with Crippen LogP contribution in [0.3, 0.4) is 0 Å².